The number of hydrogen-bond acceptors (Lipinski definition) is 6. The van der Waals surface area contributed by atoms with Gasteiger partial charge in [-0.1, -0.05) is 0 Å². The van der Waals surface area contributed by atoms with E-state index in [-0.39, 0.29) is 6.54 Å². The first kappa shape index (κ1) is 17.6. The molecule has 0 fully saturated rings. The van der Waals surface area contributed by atoms with E-state index < -0.39 is 20.2 Å². The Bertz CT molecular complexity index is 604. The zero-order valence-electron chi connectivity index (χ0n) is 13.5. The van der Waals surface area contributed by atoms with Crippen LogP contribution < -0.4 is 15.8 Å². The van der Waals surface area contributed by atoms with E-state index in [0.717, 1.165) is 0 Å². The fourth-order valence-electron chi connectivity index (χ4n) is 1.36. The average molecular weight is 315 g/mol. The van der Waals surface area contributed by atoms with Crippen LogP contribution in [0.1, 0.15) is 34.6 Å². The molecule has 6 nitrogen and oxygen atoms in total. The molecular weight excluding hydrogens is 290 g/mol. The molecule has 3 N–H and O–H groups in total. The molecule has 7 heteroatoms. The molecule has 0 aliphatic carbocycles. The molecule has 1 heterocycles. The summed E-state index contributed by atoms with van der Waals surface area (Å²) in [6.07, 6.45) is 1.22. The van der Waals surface area contributed by atoms with Crippen molar-refractivity contribution < 1.29 is 13.2 Å². The van der Waals surface area contributed by atoms with Gasteiger partial charge in [0.25, 0.3) is 0 Å². The maximum Gasteiger partial charge on any atom is 0.239 e. The highest BCUT2D eigenvalue weighted by Crippen LogP contribution is 2.25. The van der Waals surface area contributed by atoms with Gasteiger partial charge >= 0.3 is 0 Å². The number of nitrogens with one attached hydrogen (secondary N) is 1. The molecule has 0 radical (unpaired) electrons. The fraction of sp³-hybridized carbons (Fsp3) is 0.643. The number of nitrogens with zero attached hydrogens (tertiary/aromatic N) is 1. The smallest absolute Gasteiger partial charge is 0.239 e. The van der Waals surface area contributed by atoms with Crippen LogP contribution in [0.2, 0.25) is 0 Å². The Morgan fingerprint density at radius 1 is 1.24 bits per heavy atom. The van der Waals surface area contributed by atoms with E-state index in [1.807, 2.05) is 20.8 Å². The normalized spacial score (nSPS) is 13.0. The van der Waals surface area contributed by atoms with Crippen molar-refractivity contribution >= 4 is 21.3 Å². The third kappa shape index (κ3) is 5.08. The summed E-state index contributed by atoms with van der Waals surface area (Å²) < 4.78 is 28.1. The summed E-state index contributed by atoms with van der Waals surface area (Å²) in [5.74, 6) is 0.866. The number of nitrogen functional groups attached to an aromatic ring is 1. The van der Waals surface area contributed by atoms with Crippen LogP contribution >= 0.6 is 0 Å². The van der Waals surface area contributed by atoms with Gasteiger partial charge < -0.3 is 15.8 Å². The second kappa shape index (κ2) is 5.71. The van der Waals surface area contributed by atoms with Crippen LogP contribution in [0.25, 0.3) is 0 Å². The van der Waals surface area contributed by atoms with Crippen LogP contribution in [0.5, 0.6) is 5.88 Å². The number of sulfone groups is 1. The maximum absolute atomic E-state index is 11.7. The number of pyridine rings is 1. The van der Waals surface area contributed by atoms with Crippen LogP contribution in [-0.4, -0.2) is 36.6 Å². The zero-order chi connectivity index (χ0) is 16.5. The molecule has 0 amide bonds. The van der Waals surface area contributed by atoms with Gasteiger partial charge in [-0.15, -0.1) is 0 Å². The Hall–Kier alpha value is -1.50. The minimum absolute atomic E-state index is 0.248. The Morgan fingerprint density at radius 3 is 2.29 bits per heavy atom. The molecular formula is C14H25N3O3S. The van der Waals surface area contributed by atoms with Crippen molar-refractivity contribution in [3.05, 3.63) is 12.1 Å². The largest absolute Gasteiger partial charge is 0.470 e. The second-order valence-electron chi connectivity index (χ2n) is 6.69. The molecule has 1 rings (SSSR count). The van der Waals surface area contributed by atoms with Crippen molar-refractivity contribution in [3.63, 3.8) is 0 Å². The maximum atomic E-state index is 11.7. The average Bonchev–Trinajstić information content (AvgIpc) is 2.27. The monoisotopic (exact) mass is 315 g/mol. The van der Waals surface area contributed by atoms with Crippen LogP contribution in [0, 0.1) is 0 Å². The lowest BCUT2D eigenvalue weighted by Gasteiger charge is -2.24. The number of rotatable bonds is 5. The van der Waals surface area contributed by atoms with Crippen LogP contribution in [0.3, 0.4) is 0 Å². The van der Waals surface area contributed by atoms with E-state index in [9.17, 15) is 8.42 Å². The lowest BCUT2D eigenvalue weighted by molar-refractivity contribution is 0.125. The highest BCUT2D eigenvalue weighted by molar-refractivity contribution is 7.92. The molecule has 0 aromatic carbocycles. The van der Waals surface area contributed by atoms with Gasteiger partial charge in [0.2, 0.25) is 5.88 Å². The summed E-state index contributed by atoms with van der Waals surface area (Å²) in [6, 6.07) is 3.38. The lowest BCUT2D eigenvalue weighted by Crippen LogP contribution is -2.38. The quantitative estimate of drug-likeness (QED) is 0.864. The highest BCUT2D eigenvalue weighted by Gasteiger charge is 2.30. The molecule has 1 aromatic heterocycles. The predicted octanol–water partition coefficient (Wildman–Crippen LogP) is 2.08. The van der Waals surface area contributed by atoms with Crippen LogP contribution in [0.4, 0.5) is 11.5 Å². The van der Waals surface area contributed by atoms with Gasteiger partial charge in [-0.05, 0) is 46.8 Å². The second-order valence-corrected chi connectivity index (χ2v) is 9.34. The van der Waals surface area contributed by atoms with Gasteiger partial charge in [-0.2, -0.15) is 4.98 Å². The van der Waals surface area contributed by atoms with Crippen molar-refractivity contribution in [2.24, 2.45) is 0 Å². The van der Waals surface area contributed by atoms with Gasteiger partial charge in [-0.3, -0.25) is 0 Å². The summed E-state index contributed by atoms with van der Waals surface area (Å²) in [7, 11) is -3.17. The number of hydrogen-bond donors (Lipinski definition) is 2. The van der Waals surface area contributed by atoms with Crippen LogP contribution in [-0.2, 0) is 9.84 Å². The minimum Gasteiger partial charge on any atom is -0.470 e. The summed E-state index contributed by atoms with van der Waals surface area (Å²) in [5.41, 5.74) is 5.87. The van der Waals surface area contributed by atoms with E-state index in [1.165, 1.54) is 6.26 Å². The summed E-state index contributed by atoms with van der Waals surface area (Å²) >= 11 is 0. The molecule has 0 aliphatic heterocycles. The van der Waals surface area contributed by atoms with E-state index in [0.29, 0.717) is 17.4 Å². The molecule has 0 saturated carbocycles. The van der Waals surface area contributed by atoms with Crippen molar-refractivity contribution in [3.8, 4) is 5.88 Å². The van der Waals surface area contributed by atoms with Gasteiger partial charge in [0.05, 0.1) is 10.4 Å². The summed E-state index contributed by atoms with van der Waals surface area (Å²) in [6.45, 7) is 9.29. The highest BCUT2D eigenvalue weighted by atomic mass is 32.2. The number of aromatic nitrogens is 1. The van der Waals surface area contributed by atoms with Crippen molar-refractivity contribution in [1.82, 2.24) is 4.98 Å². The summed E-state index contributed by atoms with van der Waals surface area (Å²) in [5, 5.41) is 3.02. The minimum atomic E-state index is -3.17. The molecule has 0 spiro atoms. The summed E-state index contributed by atoms with van der Waals surface area (Å²) in [4.78, 5) is 4.29. The van der Waals surface area contributed by atoms with Crippen LogP contribution in [0.15, 0.2) is 12.1 Å². The Balaban J connectivity index is 2.89. The van der Waals surface area contributed by atoms with Crippen molar-refractivity contribution in [2.75, 3.05) is 23.9 Å². The molecule has 0 bridgehead atoms. The molecule has 0 saturated heterocycles. The topological polar surface area (TPSA) is 94.3 Å². The fourth-order valence-corrected chi connectivity index (χ4v) is 1.69. The Labute approximate surface area is 127 Å². The van der Waals surface area contributed by atoms with Gasteiger partial charge in [-0.25, -0.2) is 8.42 Å². The number of ether oxygens (including phenoxy) is 1. The zero-order valence-corrected chi connectivity index (χ0v) is 14.3. The van der Waals surface area contributed by atoms with Gasteiger partial charge in [0.15, 0.2) is 9.84 Å². The van der Waals surface area contributed by atoms with E-state index >= 15 is 0 Å². The van der Waals surface area contributed by atoms with Crippen molar-refractivity contribution in [2.45, 2.75) is 45.0 Å². The third-order valence-corrected chi connectivity index (χ3v) is 5.14. The standard InChI is InChI=1S/C14H25N3O3S/c1-13(2,3)20-12-10(15)7-8-11(17-12)16-9-14(4,5)21(6,18)19/h7-8H,9,15H2,1-6H3,(H,16,17). The third-order valence-electron chi connectivity index (χ3n) is 2.99. The number of nitrogens with two attached hydrogens (primary N) is 1. The Morgan fingerprint density at radius 2 is 1.81 bits per heavy atom. The first-order valence-corrected chi connectivity index (χ1v) is 8.60. The molecule has 0 atom stereocenters. The SMILES string of the molecule is CC(C)(C)Oc1nc(NCC(C)(C)S(C)(=O)=O)ccc1N. The van der Waals surface area contributed by atoms with E-state index in [4.69, 9.17) is 10.5 Å². The molecule has 0 unspecified atom stereocenters. The van der Waals surface area contributed by atoms with E-state index in [1.54, 1.807) is 26.0 Å². The molecule has 0 aliphatic rings. The first-order chi connectivity index (χ1) is 9.32. The molecule has 1 aromatic rings. The van der Waals surface area contributed by atoms with Gasteiger partial charge in [0, 0.05) is 12.8 Å². The lowest BCUT2D eigenvalue weighted by atomic mass is 10.2. The number of anilines is 2. The van der Waals surface area contributed by atoms with Gasteiger partial charge in [0.1, 0.15) is 11.4 Å². The molecule has 120 valence electrons. The first-order valence-electron chi connectivity index (χ1n) is 6.71. The Kier molecular flexibility index (Phi) is 4.77. The predicted molar refractivity (Wildman–Crippen MR) is 86.4 cm³/mol. The van der Waals surface area contributed by atoms with Crippen molar-refractivity contribution in [1.29, 1.82) is 0 Å². The molecule has 21 heavy (non-hydrogen) atoms. The van der Waals surface area contributed by atoms with E-state index in [2.05, 4.69) is 10.3 Å².